The summed E-state index contributed by atoms with van der Waals surface area (Å²) in [6, 6.07) is -0.325. The minimum atomic E-state index is -0.325. The quantitative estimate of drug-likeness (QED) is 0.609. The van der Waals surface area contributed by atoms with Gasteiger partial charge in [-0.2, -0.15) is 0 Å². The first-order chi connectivity index (χ1) is 6.79. The van der Waals surface area contributed by atoms with Gasteiger partial charge < -0.3 is 14.6 Å². The predicted molar refractivity (Wildman–Crippen MR) is 49.9 cm³/mol. The molecule has 5 heteroatoms. The molecule has 1 heterocycles. The lowest BCUT2D eigenvalue weighted by molar-refractivity contribution is -0.149. The van der Waals surface area contributed by atoms with Crippen LogP contribution in [0.4, 0.5) is 0 Å². The number of ether oxygens (including phenoxy) is 2. The number of methoxy groups -OCH3 is 1. The van der Waals surface area contributed by atoms with Crippen LogP contribution in [-0.2, 0) is 14.3 Å². The number of carbonyl (C=O) groups excluding carboxylic acids is 1. The molecule has 0 saturated carbocycles. The highest BCUT2D eigenvalue weighted by molar-refractivity contribution is 5.75. The molecule has 0 aromatic carbocycles. The van der Waals surface area contributed by atoms with Gasteiger partial charge in [-0.15, -0.1) is 0 Å². The van der Waals surface area contributed by atoms with Gasteiger partial charge in [0, 0.05) is 19.7 Å². The minimum absolute atomic E-state index is 0.00285. The molecule has 82 valence electrons. The van der Waals surface area contributed by atoms with E-state index in [-0.39, 0.29) is 18.6 Å². The Balaban J connectivity index is 2.50. The van der Waals surface area contributed by atoms with Crippen molar-refractivity contribution in [2.75, 3.05) is 40.0 Å². The van der Waals surface area contributed by atoms with Crippen LogP contribution in [0.5, 0.6) is 0 Å². The van der Waals surface area contributed by atoms with E-state index in [1.54, 1.807) is 0 Å². The third-order valence-electron chi connectivity index (χ3n) is 2.36. The van der Waals surface area contributed by atoms with Gasteiger partial charge in [0.15, 0.2) is 0 Å². The molecule has 1 rings (SSSR count). The Morgan fingerprint density at radius 1 is 1.57 bits per heavy atom. The minimum Gasteiger partial charge on any atom is -0.468 e. The van der Waals surface area contributed by atoms with Crippen molar-refractivity contribution < 1.29 is 19.4 Å². The molecular weight excluding hydrogens is 186 g/mol. The van der Waals surface area contributed by atoms with Crippen LogP contribution >= 0.6 is 0 Å². The molecule has 0 bridgehead atoms. The molecule has 0 aliphatic carbocycles. The summed E-state index contributed by atoms with van der Waals surface area (Å²) >= 11 is 0. The van der Waals surface area contributed by atoms with Gasteiger partial charge in [0.1, 0.15) is 6.04 Å². The fraction of sp³-hybridized carbons (Fsp3) is 0.889. The van der Waals surface area contributed by atoms with E-state index in [0.717, 1.165) is 13.1 Å². The Bertz CT molecular complexity index is 180. The maximum Gasteiger partial charge on any atom is 0.323 e. The van der Waals surface area contributed by atoms with Crippen LogP contribution < -0.4 is 0 Å². The van der Waals surface area contributed by atoms with E-state index < -0.39 is 0 Å². The zero-order valence-corrected chi connectivity index (χ0v) is 8.44. The summed E-state index contributed by atoms with van der Waals surface area (Å²) < 4.78 is 9.87. The monoisotopic (exact) mass is 203 g/mol. The Morgan fingerprint density at radius 3 is 2.71 bits per heavy atom. The van der Waals surface area contributed by atoms with Gasteiger partial charge >= 0.3 is 5.97 Å². The van der Waals surface area contributed by atoms with Crippen molar-refractivity contribution in [1.82, 2.24) is 4.90 Å². The van der Waals surface area contributed by atoms with Gasteiger partial charge in [-0.1, -0.05) is 0 Å². The topological polar surface area (TPSA) is 59.0 Å². The van der Waals surface area contributed by atoms with Crippen molar-refractivity contribution in [1.29, 1.82) is 0 Å². The van der Waals surface area contributed by atoms with E-state index >= 15 is 0 Å². The second-order valence-corrected chi connectivity index (χ2v) is 3.20. The Labute approximate surface area is 83.6 Å². The summed E-state index contributed by atoms with van der Waals surface area (Å²) in [5.74, 6) is -0.277. The molecule has 0 aromatic heterocycles. The molecule has 1 N–H and O–H groups in total. The first-order valence-electron chi connectivity index (χ1n) is 4.80. The highest BCUT2D eigenvalue weighted by Crippen LogP contribution is 2.08. The van der Waals surface area contributed by atoms with Gasteiger partial charge in [0.2, 0.25) is 0 Å². The molecule has 0 radical (unpaired) electrons. The highest BCUT2D eigenvalue weighted by Gasteiger charge is 2.27. The van der Waals surface area contributed by atoms with Crippen LogP contribution in [0.15, 0.2) is 0 Å². The molecule has 0 spiro atoms. The average molecular weight is 203 g/mol. The van der Waals surface area contributed by atoms with Gasteiger partial charge in [0.05, 0.1) is 20.3 Å². The number of nitrogens with zero attached hydrogens (tertiary/aromatic N) is 1. The molecule has 5 nitrogen and oxygen atoms in total. The molecule has 1 aliphatic rings. The molecular formula is C9H17NO4. The van der Waals surface area contributed by atoms with Crippen LogP contribution in [0.2, 0.25) is 0 Å². The van der Waals surface area contributed by atoms with Crippen molar-refractivity contribution in [3.05, 3.63) is 0 Å². The highest BCUT2D eigenvalue weighted by atomic mass is 16.5. The number of rotatable bonds is 4. The Morgan fingerprint density at radius 2 is 2.21 bits per heavy atom. The number of aliphatic hydroxyl groups excluding tert-OH is 1. The van der Waals surface area contributed by atoms with Crippen LogP contribution in [0.3, 0.4) is 0 Å². The smallest absolute Gasteiger partial charge is 0.323 e. The molecule has 0 amide bonds. The Hall–Kier alpha value is -0.650. The third kappa shape index (κ3) is 2.94. The number of esters is 1. The number of carbonyl (C=O) groups is 1. The molecule has 1 saturated heterocycles. The molecule has 1 fully saturated rings. The summed E-state index contributed by atoms with van der Waals surface area (Å²) in [7, 11) is 1.37. The second kappa shape index (κ2) is 5.95. The van der Waals surface area contributed by atoms with Crippen LogP contribution in [0.25, 0.3) is 0 Å². The van der Waals surface area contributed by atoms with E-state index in [9.17, 15) is 4.79 Å². The maximum absolute atomic E-state index is 11.4. The molecule has 1 unspecified atom stereocenters. The van der Waals surface area contributed by atoms with E-state index in [0.29, 0.717) is 19.6 Å². The number of hydrogen-bond acceptors (Lipinski definition) is 5. The van der Waals surface area contributed by atoms with Gasteiger partial charge in [-0.05, 0) is 6.42 Å². The number of morpholine rings is 1. The summed E-state index contributed by atoms with van der Waals surface area (Å²) in [5.41, 5.74) is 0. The van der Waals surface area contributed by atoms with Crippen molar-refractivity contribution in [3.63, 3.8) is 0 Å². The number of hydrogen-bond donors (Lipinski definition) is 1. The standard InChI is InChI=1S/C9H17NO4/c1-13-9(12)8(2-5-11)10-3-6-14-7-4-10/h8,11H,2-7H2,1H3. The normalized spacial score (nSPS) is 20.4. The zero-order valence-electron chi connectivity index (χ0n) is 8.44. The fourth-order valence-corrected chi connectivity index (χ4v) is 1.60. The lowest BCUT2D eigenvalue weighted by Crippen LogP contribution is -2.48. The van der Waals surface area contributed by atoms with Crippen molar-refractivity contribution in [3.8, 4) is 0 Å². The summed E-state index contributed by atoms with van der Waals surface area (Å²) in [6.45, 7) is 2.72. The van der Waals surface area contributed by atoms with Crippen LogP contribution in [-0.4, -0.2) is 62.0 Å². The van der Waals surface area contributed by atoms with Gasteiger partial charge in [0.25, 0.3) is 0 Å². The first kappa shape index (κ1) is 11.4. The molecule has 1 atom stereocenters. The molecule has 1 aliphatic heterocycles. The summed E-state index contributed by atoms with van der Waals surface area (Å²) in [6.07, 6.45) is 0.423. The van der Waals surface area contributed by atoms with Gasteiger partial charge in [-0.25, -0.2) is 0 Å². The fourth-order valence-electron chi connectivity index (χ4n) is 1.60. The lowest BCUT2D eigenvalue weighted by atomic mass is 10.1. The maximum atomic E-state index is 11.4. The predicted octanol–water partition coefficient (Wildman–Crippen LogP) is -0.757. The average Bonchev–Trinajstić information content (AvgIpc) is 2.26. The molecule has 0 aromatic rings. The SMILES string of the molecule is COC(=O)C(CCO)N1CCOCC1. The van der Waals surface area contributed by atoms with E-state index in [4.69, 9.17) is 9.84 Å². The third-order valence-corrected chi connectivity index (χ3v) is 2.36. The van der Waals surface area contributed by atoms with E-state index in [1.165, 1.54) is 7.11 Å². The van der Waals surface area contributed by atoms with E-state index in [1.807, 2.05) is 4.90 Å². The van der Waals surface area contributed by atoms with Crippen molar-refractivity contribution in [2.45, 2.75) is 12.5 Å². The van der Waals surface area contributed by atoms with Gasteiger partial charge in [-0.3, -0.25) is 9.69 Å². The van der Waals surface area contributed by atoms with Crippen molar-refractivity contribution >= 4 is 5.97 Å². The van der Waals surface area contributed by atoms with Crippen molar-refractivity contribution in [2.24, 2.45) is 0 Å². The summed E-state index contributed by atoms with van der Waals surface area (Å²) in [5, 5.41) is 8.85. The summed E-state index contributed by atoms with van der Waals surface area (Å²) in [4.78, 5) is 13.4. The van der Waals surface area contributed by atoms with E-state index in [2.05, 4.69) is 4.74 Å². The molecule has 14 heavy (non-hydrogen) atoms. The second-order valence-electron chi connectivity index (χ2n) is 3.20. The Kier molecular flexibility index (Phi) is 4.86. The largest absolute Gasteiger partial charge is 0.468 e. The lowest BCUT2D eigenvalue weighted by Gasteiger charge is -2.32. The van der Waals surface area contributed by atoms with Crippen LogP contribution in [0.1, 0.15) is 6.42 Å². The van der Waals surface area contributed by atoms with Crippen LogP contribution in [0, 0.1) is 0 Å². The first-order valence-corrected chi connectivity index (χ1v) is 4.80. The zero-order chi connectivity index (χ0) is 10.4. The number of aliphatic hydroxyl groups is 1.